The summed E-state index contributed by atoms with van der Waals surface area (Å²) in [7, 11) is 0. The van der Waals surface area contributed by atoms with Gasteiger partial charge in [-0.05, 0) is 32.4 Å². The molecule has 0 saturated heterocycles. The molecule has 0 aliphatic rings. The van der Waals surface area contributed by atoms with Crippen molar-refractivity contribution in [2.24, 2.45) is 0 Å². The van der Waals surface area contributed by atoms with Crippen LogP contribution in [0.2, 0.25) is 0 Å². The lowest BCUT2D eigenvalue weighted by Gasteiger charge is -2.07. The zero-order chi connectivity index (χ0) is 19.7. The predicted molar refractivity (Wildman–Crippen MR) is 108 cm³/mol. The molecule has 0 atom stereocenters. The average molecular weight is 374 g/mol. The van der Waals surface area contributed by atoms with Gasteiger partial charge in [-0.2, -0.15) is 10.2 Å². The average Bonchev–Trinajstić information content (AvgIpc) is 3.26. The second kappa shape index (κ2) is 7.26. The van der Waals surface area contributed by atoms with Crippen molar-refractivity contribution < 1.29 is 4.79 Å². The van der Waals surface area contributed by atoms with Crippen molar-refractivity contribution in [3.63, 3.8) is 0 Å². The fourth-order valence-corrected chi connectivity index (χ4v) is 3.32. The van der Waals surface area contributed by atoms with Gasteiger partial charge in [-0.1, -0.05) is 30.3 Å². The molecule has 0 aliphatic carbocycles. The number of fused-ring (bicyclic) bond motifs is 1. The summed E-state index contributed by atoms with van der Waals surface area (Å²) < 4.78 is 3.63. The van der Waals surface area contributed by atoms with Crippen molar-refractivity contribution in [3.05, 3.63) is 71.3 Å². The Morgan fingerprint density at radius 2 is 1.96 bits per heavy atom. The Morgan fingerprint density at radius 3 is 2.68 bits per heavy atom. The molecule has 3 heterocycles. The number of carbonyl (C=O) groups excluding carboxylic acids is 1. The lowest BCUT2D eigenvalue weighted by Crippen LogP contribution is -2.13. The van der Waals surface area contributed by atoms with Gasteiger partial charge in [0.15, 0.2) is 5.65 Å². The van der Waals surface area contributed by atoms with Crippen LogP contribution in [0.1, 0.15) is 34.2 Å². The fourth-order valence-electron chi connectivity index (χ4n) is 3.32. The summed E-state index contributed by atoms with van der Waals surface area (Å²) in [6.07, 6.45) is 3.47. The molecule has 0 spiro atoms. The van der Waals surface area contributed by atoms with E-state index in [0.717, 1.165) is 34.5 Å². The van der Waals surface area contributed by atoms with Crippen LogP contribution in [0.4, 0.5) is 5.69 Å². The molecule has 28 heavy (non-hydrogen) atoms. The standard InChI is InChI=1S/C21H22N6O/c1-4-26-13-17(11-22-26)24-21(28)18-10-14(2)23-20-19(18)15(3)25-27(20)12-16-8-6-5-7-9-16/h5-11,13H,4,12H2,1-3H3,(H,24,28). The van der Waals surface area contributed by atoms with Crippen molar-refractivity contribution >= 4 is 22.6 Å². The third-order valence-electron chi connectivity index (χ3n) is 4.64. The first-order chi connectivity index (χ1) is 13.5. The van der Waals surface area contributed by atoms with Gasteiger partial charge in [0.05, 0.1) is 35.1 Å². The molecule has 4 rings (SSSR count). The van der Waals surface area contributed by atoms with Gasteiger partial charge in [-0.15, -0.1) is 0 Å². The summed E-state index contributed by atoms with van der Waals surface area (Å²) in [6, 6.07) is 11.9. The lowest BCUT2D eigenvalue weighted by molar-refractivity contribution is 0.102. The van der Waals surface area contributed by atoms with E-state index in [9.17, 15) is 4.79 Å². The second-order valence-electron chi connectivity index (χ2n) is 6.78. The van der Waals surface area contributed by atoms with Crippen molar-refractivity contribution in [2.75, 3.05) is 5.32 Å². The summed E-state index contributed by atoms with van der Waals surface area (Å²) in [5.74, 6) is -0.187. The van der Waals surface area contributed by atoms with E-state index in [1.165, 1.54) is 0 Å². The molecule has 1 aromatic carbocycles. The van der Waals surface area contributed by atoms with E-state index in [4.69, 9.17) is 0 Å². The summed E-state index contributed by atoms with van der Waals surface area (Å²) in [4.78, 5) is 17.6. The Labute approximate surface area is 163 Å². The van der Waals surface area contributed by atoms with Crippen LogP contribution in [0.15, 0.2) is 48.8 Å². The molecule has 0 bridgehead atoms. The summed E-state index contributed by atoms with van der Waals surface area (Å²) in [5, 5.41) is 12.6. The minimum absolute atomic E-state index is 0.187. The van der Waals surface area contributed by atoms with Crippen molar-refractivity contribution in [3.8, 4) is 0 Å². The molecule has 7 heteroatoms. The predicted octanol–water partition coefficient (Wildman–Crippen LogP) is 3.57. The largest absolute Gasteiger partial charge is 0.319 e. The second-order valence-corrected chi connectivity index (χ2v) is 6.78. The SMILES string of the molecule is CCn1cc(NC(=O)c2cc(C)nc3c2c(C)nn3Cc2ccccc2)cn1. The highest BCUT2D eigenvalue weighted by Crippen LogP contribution is 2.24. The third-order valence-corrected chi connectivity index (χ3v) is 4.64. The molecular weight excluding hydrogens is 352 g/mol. The number of nitrogens with zero attached hydrogens (tertiary/aromatic N) is 5. The minimum atomic E-state index is -0.187. The molecule has 7 nitrogen and oxygen atoms in total. The van der Waals surface area contributed by atoms with Crippen LogP contribution in [-0.4, -0.2) is 30.5 Å². The van der Waals surface area contributed by atoms with Gasteiger partial charge in [0.1, 0.15) is 0 Å². The Hall–Kier alpha value is -3.48. The zero-order valence-corrected chi connectivity index (χ0v) is 16.2. The van der Waals surface area contributed by atoms with Gasteiger partial charge in [-0.3, -0.25) is 9.48 Å². The molecule has 4 aromatic rings. The van der Waals surface area contributed by atoms with Crippen molar-refractivity contribution in [1.82, 2.24) is 24.5 Å². The highest BCUT2D eigenvalue weighted by Gasteiger charge is 2.19. The van der Waals surface area contributed by atoms with Crippen LogP contribution >= 0.6 is 0 Å². The van der Waals surface area contributed by atoms with Crippen LogP contribution in [0.3, 0.4) is 0 Å². The highest BCUT2D eigenvalue weighted by molar-refractivity contribution is 6.12. The topological polar surface area (TPSA) is 77.6 Å². The number of carbonyl (C=O) groups is 1. The smallest absolute Gasteiger partial charge is 0.256 e. The quantitative estimate of drug-likeness (QED) is 0.579. The first-order valence-electron chi connectivity index (χ1n) is 9.27. The first kappa shape index (κ1) is 17.9. The molecule has 0 fully saturated rings. The van der Waals surface area contributed by atoms with Crippen molar-refractivity contribution in [2.45, 2.75) is 33.9 Å². The van der Waals surface area contributed by atoms with E-state index >= 15 is 0 Å². The van der Waals surface area contributed by atoms with Gasteiger partial charge in [0.25, 0.3) is 5.91 Å². The monoisotopic (exact) mass is 374 g/mol. The van der Waals surface area contributed by atoms with Crippen LogP contribution < -0.4 is 5.32 Å². The number of rotatable bonds is 5. The molecule has 1 N–H and O–H groups in total. The molecule has 1 amide bonds. The maximum atomic E-state index is 13.0. The number of aryl methyl sites for hydroxylation is 3. The lowest BCUT2D eigenvalue weighted by atomic mass is 10.1. The van der Waals surface area contributed by atoms with Crippen molar-refractivity contribution in [1.29, 1.82) is 0 Å². The normalized spacial score (nSPS) is 11.1. The number of hydrogen-bond donors (Lipinski definition) is 1. The van der Waals surface area contributed by atoms with Gasteiger partial charge in [-0.25, -0.2) is 9.67 Å². The Morgan fingerprint density at radius 1 is 1.18 bits per heavy atom. The molecular formula is C21H22N6O. The zero-order valence-electron chi connectivity index (χ0n) is 16.2. The molecule has 0 radical (unpaired) electrons. The van der Waals surface area contributed by atoms with E-state index in [0.29, 0.717) is 17.8 Å². The molecule has 0 unspecified atom stereocenters. The van der Waals surface area contributed by atoms with Gasteiger partial charge in [0, 0.05) is 18.4 Å². The van der Waals surface area contributed by atoms with E-state index in [1.807, 2.05) is 55.9 Å². The van der Waals surface area contributed by atoms with E-state index < -0.39 is 0 Å². The van der Waals surface area contributed by atoms with E-state index in [-0.39, 0.29) is 5.91 Å². The maximum Gasteiger partial charge on any atom is 0.256 e. The first-order valence-corrected chi connectivity index (χ1v) is 9.27. The number of aromatic nitrogens is 5. The van der Waals surface area contributed by atoms with Gasteiger partial charge in [0.2, 0.25) is 0 Å². The van der Waals surface area contributed by atoms with Crippen LogP contribution in [-0.2, 0) is 13.1 Å². The number of anilines is 1. The molecule has 0 saturated carbocycles. The maximum absolute atomic E-state index is 13.0. The summed E-state index contributed by atoms with van der Waals surface area (Å²) in [6.45, 7) is 7.15. The molecule has 142 valence electrons. The summed E-state index contributed by atoms with van der Waals surface area (Å²) in [5.41, 5.74) is 4.65. The molecule has 0 aliphatic heterocycles. The number of benzene rings is 1. The Kier molecular flexibility index (Phi) is 4.65. The highest BCUT2D eigenvalue weighted by atomic mass is 16.1. The van der Waals surface area contributed by atoms with E-state index in [1.54, 1.807) is 10.9 Å². The van der Waals surface area contributed by atoms with Gasteiger partial charge >= 0.3 is 0 Å². The Bertz CT molecular complexity index is 1140. The minimum Gasteiger partial charge on any atom is -0.319 e. The molecule has 3 aromatic heterocycles. The summed E-state index contributed by atoms with van der Waals surface area (Å²) >= 11 is 0. The number of hydrogen-bond acceptors (Lipinski definition) is 4. The number of nitrogens with one attached hydrogen (secondary N) is 1. The van der Waals surface area contributed by atoms with Crippen LogP contribution in [0, 0.1) is 13.8 Å². The van der Waals surface area contributed by atoms with Crippen LogP contribution in [0.25, 0.3) is 11.0 Å². The number of amides is 1. The van der Waals surface area contributed by atoms with E-state index in [2.05, 4.69) is 32.6 Å². The van der Waals surface area contributed by atoms with Gasteiger partial charge < -0.3 is 5.32 Å². The van der Waals surface area contributed by atoms with Crippen LogP contribution in [0.5, 0.6) is 0 Å². The number of pyridine rings is 1. The fraction of sp³-hybridized carbons (Fsp3) is 0.238. The third kappa shape index (κ3) is 3.38. The Balaban J connectivity index is 1.73.